The Kier molecular flexibility index (Phi) is 8.15. The van der Waals surface area contributed by atoms with Crippen molar-refractivity contribution in [3.05, 3.63) is 224 Å². The number of para-hydroxylation sites is 1. The molecule has 3 heterocycles. The lowest BCUT2D eigenvalue weighted by atomic mass is 10.0. The largest absolute Gasteiger partial charge is 0.309 e. The van der Waals surface area contributed by atoms with Crippen LogP contribution in [0.2, 0.25) is 0 Å². The Morgan fingerprint density at radius 1 is 0.266 bits per heavy atom. The zero-order valence-electron chi connectivity index (χ0n) is 34.6. The molecule has 5 heteroatoms. The summed E-state index contributed by atoms with van der Waals surface area (Å²) < 4.78 is 4.87. The van der Waals surface area contributed by atoms with Crippen molar-refractivity contribution in [2.75, 3.05) is 0 Å². The van der Waals surface area contributed by atoms with E-state index in [4.69, 9.17) is 15.0 Å². The van der Waals surface area contributed by atoms with Gasteiger partial charge in [0.25, 0.3) is 0 Å². The first kappa shape index (κ1) is 36.0. The van der Waals surface area contributed by atoms with Crippen molar-refractivity contribution in [2.45, 2.75) is 0 Å². The molecule has 0 atom stereocenters. The Hall–Kier alpha value is -8.67. The molecule has 0 spiro atoms. The van der Waals surface area contributed by atoms with E-state index in [1.54, 1.807) is 0 Å². The summed E-state index contributed by atoms with van der Waals surface area (Å²) >= 11 is 0. The molecular weight excluding hydrogens is 779 g/mol. The summed E-state index contributed by atoms with van der Waals surface area (Å²) in [5, 5.41) is 9.49. The number of nitrogens with zero attached hydrogens (tertiary/aromatic N) is 5. The minimum Gasteiger partial charge on any atom is -0.309 e. The fraction of sp³-hybridized carbons (Fsp3) is 0. The van der Waals surface area contributed by atoms with Crippen LogP contribution in [0.3, 0.4) is 0 Å². The second kappa shape index (κ2) is 14.5. The fourth-order valence-electron chi connectivity index (χ4n) is 9.78. The minimum absolute atomic E-state index is 0.622. The van der Waals surface area contributed by atoms with Crippen molar-refractivity contribution >= 4 is 65.2 Å². The van der Waals surface area contributed by atoms with Gasteiger partial charge < -0.3 is 9.13 Å². The molecule has 13 rings (SSSR count). The van der Waals surface area contributed by atoms with E-state index >= 15 is 0 Å². The molecule has 0 bridgehead atoms. The van der Waals surface area contributed by atoms with E-state index in [1.807, 2.05) is 36.4 Å². The first-order valence-corrected chi connectivity index (χ1v) is 21.7. The number of hydrogen-bond acceptors (Lipinski definition) is 3. The Balaban J connectivity index is 1.15. The van der Waals surface area contributed by atoms with E-state index in [2.05, 4.69) is 197 Å². The van der Waals surface area contributed by atoms with Crippen molar-refractivity contribution in [3.8, 4) is 56.7 Å². The highest BCUT2D eigenvalue weighted by Crippen LogP contribution is 2.44. The number of fused-ring (bicyclic) bond motifs is 9. The monoisotopic (exact) mass is 815 g/mol. The highest BCUT2D eigenvalue weighted by molar-refractivity contribution is 6.25. The standard InChI is InChI=1S/C59H37N5/c1-5-17-38(18-6-1)42-30-31-52-48(34-42)49-36-51-55(63(44-25-11-4-12-26-44)53-32-29-39-19-13-16-28-47(39)56(51)53)37-54(49)64(52)45-33-43-24-14-15-27-46(43)50(35-45)59-61-57(40-20-7-2-8-21-40)60-58(62-59)41-22-9-3-10-23-41/h1-37H. The van der Waals surface area contributed by atoms with Crippen molar-refractivity contribution in [2.24, 2.45) is 0 Å². The second-order valence-electron chi connectivity index (χ2n) is 16.4. The van der Waals surface area contributed by atoms with Gasteiger partial charge in [-0.25, -0.2) is 15.0 Å². The maximum atomic E-state index is 5.24. The first-order valence-electron chi connectivity index (χ1n) is 21.7. The Morgan fingerprint density at radius 2 is 0.797 bits per heavy atom. The molecule has 0 aliphatic rings. The third-order valence-corrected chi connectivity index (χ3v) is 12.7. The molecule has 0 aliphatic carbocycles. The third-order valence-electron chi connectivity index (χ3n) is 12.7. The minimum atomic E-state index is 0.622. The highest BCUT2D eigenvalue weighted by atomic mass is 15.0. The Morgan fingerprint density at radius 3 is 1.50 bits per heavy atom. The van der Waals surface area contributed by atoms with Crippen LogP contribution in [-0.4, -0.2) is 24.1 Å². The van der Waals surface area contributed by atoms with Gasteiger partial charge in [0.2, 0.25) is 0 Å². The van der Waals surface area contributed by atoms with Gasteiger partial charge in [0.15, 0.2) is 17.5 Å². The lowest BCUT2D eigenvalue weighted by Gasteiger charge is -2.15. The average molecular weight is 816 g/mol. The zero-order valence-corrected chi connectivity index (χ0v) is 34.6. The van der Waals surface area contributed by atoms with Crippen molar-refractivity contribution in [1.29, 1.82) is 0 Å². The molecular formula is C59H37N5. The molecule has 0 unspecified atom stereocenters. The van der Waals surface area contributed by atoms with Crippen molar-refractivity contribution < 1.29 is 0 Å². The van der Waals surface area contributed by atoms with Crippen LogP contribution >= 0.6 is 0 Å². The van der Waals surface area contributed by atoms with Gasteiger partial charge in [-0.2, -0.15) is 0 Å². The second-order valence-corrected chi connectivity index (χ2v) is 16.4. The van der Waals surface area contributed by atoms with Crippen molar-refractivity contribution in [3.63, 3.8) is 0 Å². The maximum absolute atomic E-state index is 5.24. The zero-order chi connectivity index (χ0) is 42.1. The molecule has 0 saturated heterocycles. The maximum Gasteiger partial charge on any atom is 0.164 e. The summed E-state index contributed by atoms with van der Waals surface area (Å²) in [7, 11) is 0. The van der Waals surface area contributed by atoms with Gasteiger partial charge in [0.1, 0.15) is 0 Å². The lowest BCUT2D eigenvalue weighted by Crippen LogP contribution is -2.02. The van der Waals surface area contributed by atoms with Gasteiger partial charge in [-0.05, 0) is 87.3 Å². The first-order chi connectivity index (χ1) is 31.7. The van der Waals surface area contributed by atoms with Crippen LogP contribution in [0, 0.1) is 0 Å². The molecule has 10 aromatic carbocycles. The molecule has 0 radical (unpaired) electrons. The predicted octanol–water partition coefficient (Wildman–Crippen LogP) is 15.0. The summed E-state index contributed by atoms with van der Waals surface area (Å²) in [5.74, 6) is 1.89. The molecule has 5 nitrogen and oxygen atoms in total. The van der Waals surface area contributed by atoms with Crippen LogP contribution in [0.5, 0.6) is 0 Å². The molecule has 0 amide bonds. The number of benzene rings is 10. The Labute approximate surface area is 368 Å². The third kappa shape index (κ3) is 5.75. The summed E-state index contributed by atoms with van der Waals surface area (Å²) in [5.41, 5.74) is 11.9. The normalized spacial score (nSPS) is 11.8. The number of rotatable bonds is 6. The average Bonchev–Trinajstić information content (AvgIpc) is 3.88. The van der Waals surface area contributed by atoms with E-state index in [1.165, 1.54) is 49.0 Å². The van der Waals surface area contributed by atoms with E-state index < -0.39 is 0 Å². The van der Waals surface area contributed by atoms with Gasteiger partial charge in [0, 0.05) is 49.6 Å². The van der Waals surface area contributed by atoms with E-state index in [0.717, 1.165) is 55.4 Å². The topological polar surface area (TPSA) is 48.5 Å². The van der Waals surface area contributed by atoms with E-state index in [0.29, 0.717) is 17.5 Å². The predicted molar refractivity (Wildman–Crippen MR) is 265 cm³/mol. The van der Waals surface area contributed by atoms with Crippen LogP contribution < -0.4 is 0 Å². The number of aromatic nitrogens is 5. The smallest absolute Gasteiger partial charge is 0.164 e. The molecule has 64 heavy (non-hydrogen) atoms. The van der Waals surface area contributed by atoms with E-state index in [9.17, 15) is 0 Å². The molecule has 0 N–H and O–H groups in total. The quantitative estimate of drug-likeness (QED) is 0.168. The highest BCUT2D eigenvalue weighted by Gasteiger charge is 2.22. The summed E-state index contributed by atoms with van der Waals surface area (Å²) in [6.07, 6.45) is 0. The fourth-order valence-corrected chi connectivity index (χ4v) is 9.78. The van der Waals surface area contributed by atoms with Crippen LogP contribution in [0.1, 0.15) is 0 Å². The van der Waals surface area contributed by atoms with Gasteiger partial charge in [-0.3, -0.25) is 0 Å². The summed E-state index contributed by atoms with van der Waals surface area (Å²) in [6.45, 7) is 0. The van der Waals surface area contributed by atoms with Crippen LogP contribution in [0.4, 0.5) is 0 Å². The van der Waals surface area contributed by atoms with E-state index in [-0.39, 0.29) is 0 Å². The van der Waals surface area contributed by atoms with Crippen LogP contribution in [-0.2, 0) is 0 Å². The molecule has 0 fully saturated rings. The van der Waals surface area contributed by atoms with Crippen molar-refractivity contribution in [1.82, 2.24) is 24.1 Å². The van der Waals surface area contributed by atoms with Gasteiger partial charge >= 0.3 is 0 Å². The van der Waals surface area contributed by atoms with Crippen LogP contribution in [0.15, 0.2) is 224 Å². The van der Waals surface area contributed by atoms with Gasteiger partial charge in [-0.1, -0.05) is 170 Å². The summed E-state index contributed by atoms with van der Waals surface area (Å²) in [6, 6.07) is 80.0. The van der Waals surface area contributed by atoms with Crippen LogP contribution in [0.25, 0.3) is 122 Å². The van der Waals surface area contributed by atoms with Gasteiger partial charge in [0.05, 0.1) is 22.1 Å². The molecule has 13 aromatic rings. The molecule has 3 aromatic heterocycles. The Bertz CT molecular complexity index is 3870. The summed E-state index contributed by atoms with van der Waals surface area (Å²) in [4.78, 5) is 15.5. The lowest BCUT2D eigenvalue weighted by molar-refractivity contribution is 1.07. The van der Waals surface area contributed by atoms with Gasteiger partial charge in [-0.15, -0.1) is 0 Å². The molecule has 0 aliphatic heterocycles. The SMILES string of the molecule is c1ccc(-c2ccc3c(c2)c2cc4c5c6ccccc6ccc5n(-c5ccccc5)c4cc2n3-c2cc(-c3nc(-c4ccccc4)nc(-c4ccccc4)n3)c3ccccc3c2)cc1. The number of hydrogen-bond donors (Lipinski definition) is 0. The molecule has 298 valence electrons. The molecule has 0 saturated carbocycles.